The molecule has 2 rings (SSSR count). The van der Waals surface area contributed by atoms with Gasteiger partial charge in [-0.05, 0) is 24.3 Å². The smallest absolute Gasteiger partial charge is 0.374 e. The Kier molecular flexibility index (Phi) is 4.50. The second-order valence-corrected chi connectivity index (χ2v) is 5.07. The van der Waals surface area contributed by atoms with Crippen LogP contribution in [0.15, 0.2) is 39.4 Å². The number of carbonyl (C=O) groups is 1. The second kappa shape index (κ2) is 6.12. The van der Waals surface area contributed by atoms with Gasteiger partial charge >= 0.3 is 5.97 Å². The quantitative estimate of drug-likeness (QED) is 0.849. The molecule has 0 aliphatic heterocycles. The van der Waals surface area contributed by atoms with E-state index in [4.69, 9.17) is 16.0 Å². The van der Waals surface area contributed by atoms with Crippen LogP contribution in [0.3, 0.4) is 0 Å². The average molecular weight is 345 g/mol. The number of ether oxygens (including phenoxy) is 1. The normalized spacial score (nSPS) is 10.3. The van der Waals surface area contributed by atoms with E-state index in [1.54, 1.807) is 12.1 Å². The highest BCUT2D eigenvalue weighted by Gasteiger charge is 2.15. The maximum absolute atomic E-state index is 11.4. The minimum absolute atomic E-state index is 0.197. The van der Waals surface area contributed by atoms with E-state index in [0.717, 1.165) is 10.2 Å². The predicted molar refractivity (Wildman–Crippen MR) is 76.5 cm³/mol. The predicted octanol–water partition coefficient (Wildman–Crippen LogP) is 4.09. The number of nitrogens with one attached hydrogen (secondary N) is 1. The molecular weight excluding hydrogens is 334 g/mol. The third-order valence-corrected chi connectivity index (χ3v) is 3.32. The summed E-state index contributed by atoms with van der Waals surface area (Å²) in [4.78, 5) is 11.4. The molecule has 0 atom stereocenters. The van der Waals surface area contributed by atoms with Gasteiger partial charge in [-0.2, -0.15) is 0 Å². The van der Waals surface area contributed by atoms with Crippen LogP contribution in [0.2, 0.25) is 5.02 Å². The first-order valence-corrected chi connectivity index (χ1v) is 6.62. The zero-order valence-corrected chi connectivity index (χ0v) is 12.4. The lowest BCUT2D eigenvalue weighted by Gasteiger charge is -2.08. The Morgan fingerprint density at radius 2 is 2.26 bits per heavy atom. The molecule has 1 N–H and O–H groups in total. The lowest BCUT2D eigenvalue weighted by atomic mass is 10.2. The summed E-state index contributed by atoms with van der Waals surface area (Å²) in [7, 11) is 1.31. The monoisotopic (exact) mass is 343 g/mol. The van der Waals surface area contributed by atoms with Gasteiger partial charge in [0, 0.05) is 16.6 Å². The molecule has 0 unspecified atom stereocenters. The van der Waals surface area contributed by atoms with Gasteiger partial charge in [0.25, 0.3) is 0 Å². The molecule has 19 heavy (non-hydrogen) atoms. The zero-order valence-electron chi connectivity index (χ0n) is 10.1. The van der Waals surface area contributed by atoms with E-state index in [0.29, 0.717) is 17.1 Å². The number of hydrogen-bond donors (Lipinski definition) is 1. The van der Waals surface area contributed by atoms with Crippen LogP contribution in [0.4, 0.5) is 5.69 Å². The summed E-state index contributed by atoms with van der Waals surface area (Å²) < 4.78 is 10.6. The Hall–Kier alpha value is -1.46. The van der Waals surface area contributed by atoms with Crippen LogP contribution in [-0.4, -0.2) is 13.1 Å². The highest BCUT2D eigenvalue weighted by Crippen LogP contribution is 2.26. The summed E-state index contributed by atoms with van der Waals surface area (Å²) in [6, 6.07) is 7.24. The van der Waals surface area contributed by atoms with Gasteiger partial charge in [0.1, 0.15) is 0 Å². The standard InChI is InChI=1S/C13H11BrClNO3/c1-18-13(17)12-8(4-5-19-12)7-16-11-3-2-9(14)6-10(11)15/h2-6,16H,7H2,1H3. The van der Waals surface area contributed by atoms with Crippen molar-refractivity contribution in [2.24, 2.45) is 0 Å². The molecular formula is C13H11BrClNO3. The van der Waals surface area contributed by atoms with Gasteiger partial charge in [-0.1, -0.05) is 27.5 Å². The van der Waals surface area contributed by atoms with Crippen LogP contribution in [0.25, 0.3) is 0 Å². The van der Waals surface area contributed by atoms with E-state index in [1.165, 1.54) is 13.4 Å². The van der Waals surface area contributed by atoms with Crippen molar-refractivity contribution >= 4 is 39.2 Å². The van der Waals surface area contributed by atoms with E-state index in [9.17, 15) is 4.79 Å². The number of carbonyl (C=O) groups excluding carboxylic acids is 1. The van der Waals surface area contributed by atoms with Crippen LogP contribution >= 0.6 is 27.5 Å². The fourth-order valence-electron chi connectivity index (χ4n) is 1.57. The third-order valence-electron chi connectivity index (χ3n) is 2.52. The first-order chi connectivity index (χ1) is 9.11. The summed E-state index contributed by atoms with van der Waals surface area (Å²) in [6.07, 6.45) is 1.45. The molecule has 0 aliphatic carbocycles. The van der Waals surface area contributed by atoms with Crippen LogP contribution in [0.5, 0.6) is 0 Å². The molecule has 2 aromatic rings. The lowest BCUT2D eigenvalue weighted by Crippen LogP contribution is -2.07. The van der Waals surface area contributed by atoms with E-state index in [-0.39, 0.29) is 5.76 Å². The van der Waals surface area contributed by atoms with Crippen LogP contribution in [-0.2, 0) is 11.3 Å². The van der Waals surface area contributed by atoms with Crippen LogP contribution in [0, 0.1) is 0 Å². The van der Waals surface area contributed by atoms with Crippen molar-refractivity contribution in [2.75, 3.05) is 12.4 Å². The van der Waals surface area contributed by atoms with Crippen LogP contribution in [0.1, 0.15) is 16.1 Å². The molecule has 0 spiro atoms. The lowest BCUT2D eigenvalue weighted by molar-refractivity contribution is 0.0563. The Bertz CT molecular complexity index is 597. The number of anilines is 1. The van der Waals surface area contributed by atoms with Crippen molar-refractivity contribution in [1.29, 1.82) is 0 Å². The van der Waals surface area contributed by atoms with Gasteiger partial charge < -0.3 is 14.5 Å². The van der Waals surface area contributed by atoms with Gasteiger partial charge in [-0.3, -0.25) is 0 Å². The Labute approximate surface area is 123 Å². The number of furan rings is 1. The molecule has 6 heteroatoms. The maximum atomic E-state index is 11.4. The number of benzene rings is 1. The minimum Gasteiger partial charge on any atom is -0.463 e. The van der Waals surface area contributed by atoms with Crippen molar-refractivity contribution in [2.45, 2.75) is 6.54 Å². The van der Waals surface area contributed by atoms with Crippen molar-refractivity contribution in [3.8, 4) is 0 Å². The summed E-state index contributed by atoms with van der Waals surface area (Å²) in [5.74, 6) is -0.299. The molecule has 1 heterocycles. The Balaban J connectivity index is 2.10. The van der Waals surface area contributed by atoms with Gasteiger partial charge in [-0.25, -0.2) is 4.79 Å². The molecule has 0 saturated carbocycles. The number of rotatable bonds is 4. The topological polar surface area (TPSA) is 51.5 Å². The molecule has 0 amide bonds. The van der Waals surface area contributed by atoms with Gasteiger partial charge in [0.15, 0.2) is 0 Å². The molecule has 1 aromatic heterocycles. The van der Waals surface area contributed by atoms with Gasteiger partial charge in [0.05, 0.1) is 24.1 Å². The Morgan fingerprint density at radius 3 is 2.95 bits per heavy atom. The molecule has 1 aromatic carbocycles. The third kappa shape index (κ3) is 3.30. The first-order valence-electron chi connectivity index (χ1n) is 5.45. The van der Waals surface area contributed by atoms with Crippen molar-refractivity contribution < 1.29 is 13.9 Å². The summed E-state index contributed by atoms with van der Waals surface area (Å²) >= 11 is 9.43. The molecule has 0 aliphatic rings. The number of methoxy groups -OCH3 is 1. The molecule has 4 nitrogen and oxygen atoms in total. The molecule has 0 radical (unpaired) electrons. The summed E-state index contributed by atoms with van der Waals surface area (Å²) in [5, 5.41) is 3.74. The van der Waals surface area contributed by atoms with E-state index >= 15 is 0 Å². The van der Waals surface area contributed by atoms with E-state index in [2.05, 4.69) is 26.0 Å². The van der Waals surface area contributed by atoms with Gasteiger partial charge in [-0.15, -0.1) is 0 Å². The van der Waals surface area contributed by atoms with Crippen LogP contribution < -0.4 is 5.32 Å². The Morgan fingerprint density at radius 1 is 1.47 bits per heavy atom. The fourth-order valence-corrected chi connectivity index (χ4v) is 2.31. The summed E-state index contributed by atoms with van der Waals surface area (Å²) in [6.45, 7) is 0.419. The zero-order chi connectivity index (χ0) is 13.8. The van der Waals surface area contributed by atoms with Crippen molar-refractivity contribution in [3.63, 3.8) is 0 Å². The van der Waals surface area contributed by atoms with Crippen molar-refractivity contribution in [3.05, 3.63) is 51.3 Å². The van der Waals surface area contributed by atoms with E-state index < -0.39 is 5.97 Å². The number of halogens is 2. The molecule has 100 valence electrons. The molecule has 0 fully saturated rings. The SMILES string of the molecule is COC(=O)c1occc1CNc1ccc(Br)cc1Cl. The number of esters is 1. The second-order valence-electron chi connectivity index (χ2n) is 3.74. The first kappa shape index (κ1) is 14.0. The summed E-state index contributed by atoms with van der Waals surface area (Å²) in [5.41, 5.74) is 1.49. The van der Waals surface area contributed by atoms with E-state index in [1.807, 2.05) is 12.1 Å². The minimum atomic E-state index is -0.497. The average Bonchev–Trinajstić information content (AvgIpc) is 2.85. The maximum Gasteiger partial charge on any atom is 0.374 e. The number of hydrogen-bond acceptors (Lipinski definition) is 4. The molecule has 0 saturated heterocycles. The van der Waals surface area contributed by atoms with Gasteiger partial charge in [0.2, 0.25) is 5.76 Å². The fraction of sp³-hybridized carbons (Fsp3) is 0.154. The largest absolute Gasteiger partial charge is 0.463 e. The highest BCUT2D eigenvalue weighted by atomic mass is 79.9. The van der Waals surface area contributed by atoms with Crippen molar-refractivity contribution in [1.82, 2.24) is 0 Å². The molecule has 0 bridgehead atoms. The highest BCUT2D eigenvalue weighted by molar-refractivity contribution is 9.10.